The molecule has 2 aromatic rings. The molecule has 0 aliphatic rings. The number of esters is 1. The zero-order valence-electron chi connectivity index (χ0n) is 11.0. The monoisotopic (exact) mass is 260 g/mol. The van der Waals surface area contributed by atoms with Crippen LogP contribution in [0.5, 0.6) is 0 Å². The molecule has 0 atom stereocenters. The summed E-state index contributed by atoms with van der Waals surface area (Å²) in [6, 6.07) is 5.65. The zero-order valence-corrected chi connectivity index (χ0v) is 11.0. The number of carbonyl (C=O) groups excluding carboxylic acids is 1. The predicted molar refractivity (Wildman–Crippen MR) is 70.7 cm³/mol. The number of rotatable bonds is 4. The second kappa shape index (κ2) is 5.51. The van der Waals surface area contributed by atoms with Crippen LogP contribution in [-0.4, -0.2) is 27.6 Å². The van der Waals surface area contributed by atoms with E-state index in [-0.39, 0.29) is 5.69 Å². The lowest BCUT2D eigenvalue weighted by atomic mass is 10.3. The Balaban J connectivity index is 2.39. The maximum absolute atomic E-state index is 11.6. The Morgan fingerprint density at radius 1 is 1.47 bits per heavy atom. The van der Waals surface area contributed by atoms with Crippen LogP contribution in [0, 0.1) is 0 Å². The number of imidazole rings is 1. The Bertz CT molecular complexity index is 578. The lowest BCUT2D eigenvalue weighted by Gasteiger charge is -2.08. The van der Waals surface area contributed by atoms with Crippen molar-refractivity contribution in [3.63, 3.8) is 0 Å². The summed E-state index contributed by atoms with van der Waals surface area (Å²) in [7, 11) is 1.31. The molecular formula is C13H16N4O2. The van der Waals surface area contributed by atoms with E-state index in [1.807, 2.05) is 25.1 Å². The van der Waals surface area contributed by atoms with E-state index in [0.29, 0.717) is 18.8 Å². The van der Waals surface area contributed by atoms with Crippen molar-refractivity contribution in [2.45, 2.75) is 19.9 Å². The third-order valence-electron chi connectivity index (χ3n) is 2.83. The molecule has 19 heavy (non-hydrogen) atoms. The highest BCUT2D eigenvalue weighted by molar-refractivity contribution is 5.92. The first-order valence-corrected chi connectivity index (χ1v) is 6.00. The number of hydrogen-bond donors (Lipinski definition) is 1. The summed E-state index contributed by atoms with van der Waals surface area (Å²) in [6.07, 6.45) is 2.39. The first kappa shape index (κ1) is 13.1. The first-order chi connectivity index (χ1) is 9.17. The van der Waals surface area contributed by atoms with Crippen molar-refractivity contribution in [3.05, 3.63) is 41.6 Å². The lowest BCUT2D eigenvalue weighted by Crippen LogP contribution is -2.10. The van der Waals surface area contributed by atoms with E-state index in [2.05, 4.69) is 14.7 Å². The number of nitrogen functional groups attached to an aromatic ring is 1. The lowest BCUT2D eigenvalue weighted by molar-refractivity contribution is 0.0595. The minimum atomic E-state index is -0.521. The van der Waals surface area contributed by atoms with Crippen molar-refractivity contribution in [2.75, 3.05) is 12.8 Å². The number of hydrogen-bond acceptors (Lipinski definition) is 5. The summed E-state index contributed by atoms with van der Waals surface area (Å²) < 4.78 is 6.46. The summed E-state index contributed by atoms with van der Waals surface area (Å²) in [5, 5.41) is 0. The Labute approximate surface area is 111 Å². The quantitative estimate of drug-likeness (QED) is 0.837. The van der Waals surface area contributed by atoms with Crippen molar-refractivity contribution in [3.8, 4) is 0 Å². The molecule has 0 aliphatic heterocycles. The molecule has 0 bridgehead atoms. The first-order valence-electron chi connectivity index (χ1n) is 6.00. The number of carbonyl (C=O) groups is 1. The number of methoxy groups -OCH3 is 1. The molecule has 0 unspecified atom stereocenters. The zero-order chi connectivity index (χ0) is 13.8. The molecular weight excluding hydrogens is 244 g/mol. The van der Waals surface area contributed by atoms with Crippen LogP contribution in [0.1, 0.15) is 28.9 Å². The van der Waals surface area contributed by atoms with Gasteiger partial charge in [-0.25, -0.2) is 9.78 Å². The molecule has 6 nitrogen and oxygen atoms in total. The fraction of sp³-hybridized carbons (Fsp3) is 0.308. The van der Waals surface area contributed by atoms with E-state index in [0.717, 1.165) is 11.5 Å². The number of pyridine rings is 1. The standard InChI is InChI=1S/C13H16N4O2/c1-3-10-16-11(13(18)19-2)12(14)17(10)8-9-6-4-5-7-15-9/h4-7H,3,8,14H2,1-2H3. The maximum atomic E-state index is 11.6. The largest absolute Gasteiger partial charge is 0.464 e. The highest BCUT2D eigenvalue weighted by Gasteiger charge is 2.20. The van der Waals surface area contributed by atoms with Crippen molar-refractivity contribution in [1.29, 1.82) is 0 Å². The van der Waals surface area contributed by atoms with Gasteiger partial charge in [0.25, 0.3) is 0 Å². The topological polar surface area (TPSA) is 83.0 Å². The minimum Gasteiger partial charge on any atom is -0.464 e. The molecule has 0 aliphatic carbocycles. The van der Waals surface area contributed by atoms with Crippen LogP contribution in [0.2, 0.25) is 0 Å². The molecule has 6 heteroatoms. The fourth-order valence-electron chi connectivity index (χ4n) is 1.86. The average molecular weight is 260 g/mol. The van der Waals surface area contributed by atoms with Crippen LogP contribution in [0.15, 0.2) is 24.4 Å². The van der Waals surface area contributed by atoms with Crippen LogP contribution >= 0.6 is 0 Å². The van der Waals surface area contributed by atoms with Gasteiger partial charge in [0.05, 0.1) is 19.3 Å². The summed E-state index contributed by atoms with van der Waals surface area (Å²) >= 11 is 0. The number of nitrogens with two attached hydrogens (primary N) is 1. The van der Waals surface area contributed by atoms with Gasteiger partial charge in [0.15, 0.2) is 5.69 Å². The summed E-state index contributed by atoms with van der Waals surface area (Å²) in [5.41, 5.74) is 7.00. The predicted octanol–water partition coefficient (Wildman–Crippen LogP) is 1.26. The van der Waals surface area contributed by atoms with E-state index in [1.54, 1.807) is 10.8 Å². The number of aromatic nitrogens is 3. The third kappa shape index (κ3) is 2.57. The fourth-order valence-corrected chi connectivity index (χ4v) is 1.86. The van der Waals surface area contributed by atoms with E-state index in [9.17, 15) is 4.79 Å². The molecule has 2 aromatic heterocycles. The minimum absolute atomic E-state index is 0.162. The molecule has 0 amide bonds. The van der Waals surface area contributed by atoms with Gasteiger partial charge < -0.3 is 15.0 Å². The van der Waals surface area contributed by atoms with Crippen LogP contribution in [0.3, 0.4) is 0 Å². The Morgan fingerprint density at radius 3 is 2.84 bits per heavy atom. The molecule has 0 radical (unpaired) electrons. The molecule has 0 saturated heterocycles. The Kier molecular flexibility index (Phi) is 3.79. The van der Waals surface area contributed by atoms with Crippen LogP contribution in [0.25, 0.3) is 0 Å². The second-order valence-electron chi connectivity index (χ2n) is 4.01. The van der Waals surface area contributed by atoms with Gasteiger partial charge in [-0.2, -0.15) is 0 Å². The van der Waals surface area contributed by atoms with Gasteiger partial charge in [-0.3, -0.25) is 4.98 Å². The highest BCUT2D eigenvalue weighted by Crippen LogP contribution is 2.17. The highest BCUT2D eigenvalue weighted by atomic mass is 16.5. The Hall–Kier alpha value is -2.37. The molecule has 0 saturated carbocycles. The number of aryl methyl sites for hydroxylation is 1. The SMILES string of the molecule is CCc1nc(C(=O)OC)c(N)n1Cc1ccccn1. The van der Waals surface area contributed by atoms with Crippen molar-refractivity contribution < 1.29 is 9.53 Å². The van der Waals surface area contributed by atoms with Crippen molar-refractivity contribution in [1.82, 2.24) is 14.5 Å². The number of ether oxygens (including phenoxy) is 1. The maximum Gasteiger partial charge on any atom is 0.360 e. The molecule has 0 spiro atoms. The Morgan fingerprint density at radius 2 is 2.26 bits per heavy atom. The van der Waals surface area contributed by atoms with Crippen LogP contribution < -0.4 is 5.73 Å². The number of anilines is 1. The van der Waals surface area contributed by atoms with Gasteiger partial charge in [-0.05, 0) is 12.1 Å². The molecule has 2 heterocycles. The van der Waals surface area contributed by atoms with E-state index < -0.39 is 5.97 Å². The van der Waals surface area contributed by atoms with Gasteiger partial charge in [0.1, 0.15) is 11.6 Å². The van der Waals surface area contributed by atoms with E-state index in [1.165, 1.54) is 7.11 Å². The van der Waals surface area contributed by atoms with Gasteiger partial charge in [-0.15, -0.1) is 0 Å². The van der Waals surface area contributed by atoms with Gasteiger partial charge in [0.2, 0.25) is 0 Å². The summed E-state index contributed by atoms with van der Waals surface area (Å²) in [5.74, 6) is 0.532. The smallest absolute Gasteiger partial charge is 0.360 e. The molecule has 2 N–H and O–H groups in total. The molecule has 100 valence electrons. The average Bonchev–Trinajstić information content (AvgIpc) is 2.76. The van der Waals surface area contributed by atoms with Crippen LogP contribution in [0.4, 0.5) is 5.82 Å². The van der Waals surface area contributed by atoms with E-state index in [4.69, 9.17) is 5.73 Å². The van der Waals surface area contributed by atoms with E-state index >= 15 is 0 Å². The van der Waals surface area contributed by atoms with Gasteiger partial charge in [0, 0.05) is 12.6 Å². The molecule has 0 fully saturated rings. The summed E-state index contributed by atoms with van der Waals surface area (Å²) in [4.78, 5) is 20.0. The van der Waals surface area contributed by atoms with Crippen molar-refractivity contribution in [2.24, 2.45) is 0 Å². The second-order valence-corrected chi connectivity index (χ2v) is 4.01. The number of nitrogens with zero attached hydrogens (tertiary/aromatic N) is 3. The molecule has 0 aromatic carbocycles. The summed E-state index contributed by atoms with van der Waals surface area (Å²) in [6.45, 7) is 2.44. The molecule has 2 rings (SSSR count). The van der Waals surface area contributed by atoms with Gasteiger partial charge >= 0.3 is 5.97 Å². The van der Waals surface area contributed by atoms with Crippen molar-refractivity contribution >= 4 is 11.8 Å². The third-order valence-corrected chi connectivity index (χ3v) is 2.83. The van der Waals surface area contributed by atoms with Gasteiger partial charge in [-0.1, -0.05) is 13.0 Å². The van der Waals surface area contributed by atoms with Crippen LogP contribution in [-0.2, 0) is 17.7 Å². The normalized spacial score (nSPS) is 10.4.